The van der Waals surface area contributed by atoms with E-state index in [2.05, 4.69) is 22.8 Å². The van der Waals surface area contributed by atoms with Gasteiger partial charge in [0, 0.05) is 32.7 Å². The van der Waals surface area contributed by atoms with Crippen molar-refractivity contribution in [1.82, 2.24) is 9.80 Å². The van der Waals surface area contributed by atoms with Crippen LogP contribution in [0, 0.1) is 13.8 Å². The van der Waals surface area contributed by atoms with Crippen LogP contribution in [0.2, 0.25) is 0 Å². The van der Waals surface area contributed by atoms with Crippen molar-refractivity contribution in [2.75, 3.05) is 59.6 Å². The van der Waals surface area contributed by atoms with Gasteiger partial charge in [-0.15, -0.1) is 0 Å². The lowest BCUT2D eigenvalue weighted by molar-refractivity contribution is 0.0296. The second kappa shape index (κ2) is 9.23. The van der Waals surface area contributed by atoms with E-state index in [1.165, 1.54) is 5.56 Å². The van der Waals surface area contributed by atoms with Crippen molar-refractivity contribution < 1.29 is 14.6 Å². The van der Waals surface area contributed by atoms with E-state index in [1.807, 2.05) is 26.1 Å². The summed E-state index contributed by atoms with van der Waals surface area (Å²) in [7, 11) is 2.04. The van der Waals surface area contributed by atoms with Gasteiger partial charge >= 0.3 is 0 Å². The third-order valence-electron chi connectivity index (χ3n) is 4.19. The summed E-state index contributed by atoms with van der Waals surface area (Å²) in [5.41, 5.74) is 2.33. The normalized spacial score (nSPS) is 17.4. The van der Waals surface area contributed by atoms with Gasteiger partial charge in [0.15, 0.2) is 0 Å². The molecule has 0 aromatic heterocycles. The minimum Gasteiger partial charge on any atom is -0.491 e. The second-order valence-corrected chi connectivity index (χ2v) is 6.45. The molecule has 0 bridgehead atoms. The minimum absolute atomic E-state index is 0.325. The summed E-state index contributed by atoms with van der Waals surface area (Å²) >= 11 is 0. The number of ether oxygens (including phenoxy) is 2. The Morgan fingerprint density at radius 3 is 2.74 bits per heavy atom. The first kappa shape index (κ1) is 18.2. The van der Waals surface area contributed by atoms with Gasteiger partial charge in [0.1, 0.15) is 18.5 Å². The van der Waals surface area contributed by atoms with Gasteiger partial charge < -0.3 is 19.5 Å². The lowest BCUT2D eigenvalue weighted by atomic mass is 10.1. The lowest BCUT2D eigenvalue weighted by Crippen LogP contribution is -2.42. The number of nitrogens with zero attached hydrogens (tertiary/aromatic N) is 2. The zero-order chi connectivity index (χ0) is 16.7. The SMILES string of the molecule is Cc1ccc(OCC(O)CN(C)CCN2CCOCC2)c(C)c1. The smallest absolute Gasteiger partial charge is 0.122 e. The fraction of sp³-hybridized carbons (Fsp3) is 0.667. The summed E-state index contributed by atoms with van der Waals surface area (Å²) in [6.45, 7) is 10.7. The van der Waals surface area contributed by atoms with Gasteiger partial charge in [0.05, 0.1) is 13.2 Å². The first-order valence-electron chi connectivity index (χ1n) is 8.41. The number of aryl methyl sites for hydroxylation is 2. The summed E-state index contributed by atoms with van der Waals surface area (Å²) in [5, 5.41) is 10.2. The summed E-state index contributed by atoms with van der Waals surface area (Å²) in [6.07, 6.45) is -0.481. The van der Waals surface area contributed by atoms with E-state index in [0.717, 1.165) is 50.7 Å². The third kappa shape index (κ3) is 6.47. The number of benzene rings is 1. The maximum Gasteiger partial charge on any atom is 0.122 e. The molecule has 1 aliphatic rings. The van der Waals surface area contributed by atoms with E-state index in [0.29, 0.717) is 13.2 Å². The largest absolute Gasteiger partial charge is 0.491 e. The first-order valence-corrected chi connectivity index (χ1v) is 8.41. The molecule has 0 spiro atoms. The average Bonchev–Trinajstić information content (AvgIpc) is 2.53. The molecule has 1 heterocycles. The molecule has 1 unspecified atom stereocenters. The van der Waals surface area contributed by atoms with E-state index in [1.54, 1.807) is 0 Å². The van der Waals surface area contributed by atoms with Crippen LogP contribution in [0.4, 0.5) is 0 Å². The molecule has 5 heteroatoms. The molecule has 0 saturated carbocycles. The number of aliphatic hydroxyl groups excluding tert-OH is 1. The predicted octanol–water partition coefficient (Wildman–Crippen LogP) is 1.31. The molecule has 2 rings (SSSR count). The van der Waals surface area contributed by atoms with Crippen LogP contribution in [0.15, 0.2) is 18.2 Å². The highest BCUT2D eigenvalue weighted by Gasteiger charge is 2.13. The van der Waals surface area contributed by atoms with Crippen LogP contribution in [0.3, 0.4) is 0 Å². The van der Waals surface area contributed by atoms with Gasteiger partial charge in [0.25, 0.3) is 0 Å². The van der Waals surface area contributed by atoms with Crippen LogP contribution in [0.1, 0.15) is 11.1 Å². The van der Waals surface area contributed by atoms with Crippen molar-refractivity contribution >= 4 is 0 Å². The van der Waals surface area contributed by atoms with E-state index in [-0.39, 0.29) is 0 Å². The highest BCUT2D eigenvalue weighted by Crippen LogP contribution is 2.18. The molecule has 1 aromatic rings. The fourth-order valence-corrected chi connectivity index (χ4v) is 2.79. The van der Waals surface area contributed by atoms with E-state index in [9.17, 15) is 5.11 Å². The van der Waals surface area contributed by atoms with Crippen LogP contribution in [-0.4, -0.2) is 80.6 Å². The van der Waals surface area contributed by atoms with Gasteiger partial charge in [-0.25, -0.2) is 0 Å². The Labute approximate surface area is 139 Å². The van der Waals surface area contributed by atoms with Gasteiger partial charge in [0.2, 0.25) is 0 Å². The molecule has 1 aliphatic heterocycles. The average molecular weight is 322 g/mol. The number of aliphatic hydroxyl groups is 1. The molecule has 1 N–H and O–H groups in total. The van der Waals surface area contributed by atoms with Crippen LogP contribution >= 0.6 is 0 Å². The van der Waals surface area contributed by atoms with Crippen molar-refractivity contribution in [3.63, 3.8) is 0 Å². The fourth-order valence-electron chi connectivity index (χ4n) is 2.79. The van der Waals surface area contributed by atoms with Crippen LogP contribution < -0.4 is 4.74 Å². The van der Waals surface area contributed by atoms with Crippen molar-refractivity contribution in [3.8, 4) is 5.75 Å². The van der Waals surface area contributed by atoms with Crippen LogP contribution in [0.5, 0.6) is 5.75 Å². The van der Waals surface area contributed by atoms with E-state index in [4.69, 9.17) is 9.47 Å². The van der Waals surface area contributed by atoms with Crippen molar-refractivity contribution in [2.45, 2.75) is 20.0 Å². The molecule has 0 aliphatic carbocycles. The molecule has 1 saturated heterocycles. The van der Waals surface area contributed by atoms with E-state index >= 15 is 0 Å². The van der Waals surface area contributed by atoms with Gasteiger partial charge in [-0.3, -0.25) is 4.90 Å². The second-order valence-electron chi connectivity index (χ2n) is 6.45. The molecular weight excluding hydrogens is 292 g/mol. The topological polar surface area (TPSA) is 45.2 Å². The predicted molar refractivity (Wildman–Crippen MR) is 92.2 cm³/mol. The molecule has 0 radical (unpaired) electrons. The quantitative estimate of drug-likeness (QED) is 0.782. The molecule has 130 valence electrons. The maximum absolute atomic E-state index is 10.2. The zero-order valence-corrected chi connectivity index (χ0v) is 14.6. The Morgan fingerprint density at radius 1 is 1.30 bits per heavy atom. The monoisotopic (exact) mass is 322 g/mol. The summed E-state index contributed by atoms with van der Waals surface area (Å²) in [4.78, 5) is 4.56. The number of rotatable bonds is 8. The van der Waals surface area contributed by atoms with Gasteiger partial charge in [-0.2, -0.15) is 0 Å². The van der Waals surface area contributed by atoms with Crippen LogP contribution in [-0.2, 0) is 4.74 Å². The molecule has 1 fully saturated rings. The summed E-state index contributed by atoms with van der Waals surface area (Å²) < 4.78 is 11.1. The summed E-state index contributed by atoms with van der Waals surface area (Å²) in [6, 6.07) is 6.10. The molecule has 1 atom stereocenters. The van der Waals surface area contributed by atoms with Crippen molar-refractivity contribution in [2.24, 2.45) is 0 Å². The Balaban J connectivity index is 1.66. The summed E-state index contributed by atoms with van der Waals surface area (Å²) in [5.74, 6) is 0.852. The molecule has 5 nitrogen and oxygen atoms in total. The standard InChI is InChI=1S/C18H30N2O3/c1-15-4-5-18(16(2)12-15)23-14-17(21)13-19(3)6-7-20-8-10-22-11-9-20/h4-5,12,17,21H,6-11,13-14H2,1-3H3. The Kier molecular flexibility index (Phi) is 7.30. The van der Waals surface area contributed by atoms with Crippen molar-refractivity contribution in [3.05, 3.63) is 29.3 Å². The first-order chi connectivity index (χ1) is 11.0. The molecule has 1 aromatic carbocycles. The number of hydrogen-bond donors (Lipinski definition) is 1. The van der Waals surface area contributed by atoms with Crippen LogP contribution in [0.25, 0.3) is 0 Å². The highest BCUT2D eigenvalue weighted by molar-refractivity contribution is 5.35. The molecule has 23 heavy (non-hydrogen) atoms. The molecule has 0 amide bonds. The highest BCUT2D eigenvalue weighted by atomic mass is 16.5. The van der Waals surface area contributed by atoms with E-state index < -0.39 is 6.10 Å². The Hall–Kier alpha value is -1.14. The number of morpholine rings is 1. The maximum atomic E-state index is 10.2. The minimum atomic E-state index is -0.481. The van der Waals surface area contributed by atoms with Gasteiger partial charge in [-0.1, -0.05) is 17.7 Å². The number of hydrogen-bond acceptors (Lipinski definition) is 5. The van der Waals surface area contributed by atoms with Crippen molar-refractivity contribution in [1.29, 1.82) is 0 Å². The molecular formula is C18H30N2O3. The lowest BCUT2D eigenvalue weighted by Gasteiger charge is -2.29. The Bertz CT molecular complexity index is 475. The van der Waals surface area contributed by atoms with Gasteiger partial charge in [-0.05, 0) is 32.5 Å². The number of likely N-dealkylation sites (N-methyl/N-ethyl adjacent to an activating group) is 1. The zero-order valence-electron chi connectivity index (χ0n) is 14.6. The third-order valence-corrected chi connectivity index (χ3v) is 4.19. The Morgan fingerprint density at radius 2 is 2.04 bits per heavy atom.